The highest BCUT2D eigenvalue weighted by molar-refractivity contribution is 6.35. The zero-order valence-electron chi connectivity index (χ0n) is 6.74. The van der Waals surface area contributed by atoms with Crippen molar-refractivity contribution in [3.63, 3.8) is 0 Å². The third-order valence-corrected chi connectivity index (χ3v) is 2.90. The lowest BCUT2D eigenvalue weighted by atomic mass is 10.1. The Labute approximate surface area is 97.7 Å². The molecule has 0 nitrogen and oxygen atoms in total. The predicted molar refractivity (Wildman–Crippen MR) is 60.4 cm³/mol. The summed E-state index contributed by atoms with van der Waals surface area (Å²) in [5.74, 6) is 0.521. The van der Waals surface area contributed by atoms with Crippen molar-refractivity contribution in [2.75, 3.05) is 5.88 Å². The Hall–Kier alpha value is 0.380. The van der Waals surface area contributed by atoms with Gasteiger partial charge >= 0.3 is 0 Å². The number of rotatable bonds is 3. The lowest BCUT2D eigenvalue weighted by Gasteiger charge is -2.09. The van der Waals surface area contributed by atoms with Crippen LogP contribution < -0.4 is 0 Å². The fourth-order valence-electron chi connectivity index (χ4n) is 1.01. The van der Waals surface area contributed by atoms with Crippen molar-refractivity contribution in [2.24, 2.45) is 0 Å². The molecule has 0 aliphatic heterocycles. The van der Waals surface area contributed by atoms with E-state index < -0.39 is 0 Å². The minimum Gasteiger partial charge on any atom is -0.127 e. The molecule has 0 heterocycles. The van der Waals surface area contributed by atoms with Crippen molar-refractivity contribution in [3.05, 3.63) is 33.8 Å². The maximum absolute atomic E-state index is 6.05. The molecular weight excluding hydrogens is 250 g/mol. The highest BCUT2D eigenvalue weighted by atomic mass is 35.5. The smallest absolute Gasteiger partial charge is 0.0611 e. The lowest BCUT2D eigenvalue weighted by Crippen LogP contribution is -1.92. The van der Waals surface area contributed by atoms with Crippen LogP contribution in [0.5, 0.6) is 0 Å². The highest BCUT2D eigenvalue weighted by Gasteiger charge is 2.10. The molecule has 13 heavy (non-hydrogen) atoms. The summed E-state index contributed by atoms with van der Waals surface area (Å²) in [5.41, 5.74) is 0.883. The van der Waals surface area contributed by atoms with Gasteiger partial charge in [-0.3, -0.25) is 0 Å². The average Bonchev–Trinajstić information content (AvgIpc) is 2.04. The summed E-state index contributed by atoms with van der Waals surface area (Å²) >= 11 is 23.3. The second-order valence-electron chi connectivity index (χ2n) is 2.61. The van der Waals surface area contributed by atoms with Gasteiger partial charge in [-0.05, 0) is 24.1 Å². The quantitative estimate of drug-likeness (QED) is 0.676. The van der Waals surface area contributed by atoms with E-state index >= 15 is 0 Å². The molecule has 0 radical (unpaired) electrons. The lowest BCUT2D eigenvalue weighted by molar-refractivity contribution is 0.891. The second-order valence-corrected chi connectivity index (χ2v) is 4.36. The minimum atomic E-state index is -0.137. The first kappa shape index (κ1) is 11.5. The van der Waals surface area contributed by atoms with E-state index in [-0.39, 0.29) is 5.38 Å². The van der Waals surface area contributed by atoms with Gasteiger partial charge in [-0.1, -0.05) is 29.3 Å². The molecule has 0 N–H and O–H groups in total. The Morgan fingerprint density at radius 1 is 1.23 bits per heavy atom. The Morgan fingerprint density at radius 2 is 1.92 bits per heavy atom. The van der Waals surface area contributed by atoms with Crippen LogP contribution in [0.4, 0.5) is 0 Å². The van der Waals surface area contributed by atoms with Crippen molar-refractivity contribution in [1.82, 2.24) is 0 Å². The van der Waals surface area contributed by atoms with Crippen LogP contribution in [0.25, 0.3) is 0 Å². The Morgan fingerprint density at radius 3 is 2.46 bits per heavy atom. The Bertz CT molecular complexity index is 285. The van der Waals surface area contributed by atoms with E-state index in [0.29, 0.717) is 22.3 Å². The van der Waals surface area contributed by atoms with Crippen molar-refractivity contribution in [3.8, 4) is 0 Å². The monoisotopic (exact) mass is 256 g/mol. The standard InChI is InChI=1S/C9H8Cl4/c10-4-3-8(12)7-2-1-6(11)5-9(7)13/h1-2,5,8H,3-4H2. The van der Waals surface area contributed by atoms with Crippen LogP contribution in [0, 0.1) is 0 Å². The summed E-state index contributed by atoms with van der Waals surface area (Å²) < 4.78 is 0. The predicted octanol–water partition coefficient (Wildman–Crippen LogP) is 4.90. The fourth-order valence-corrected chi connectivity index (χ4v) is 2.23. The van der Waals surface area contributed by atoms with Crippen molar-refractivity contribution < 1.29 is 0 Å². The first-order chi connectivity index (χ1) is 6.15. The van der Waals surface area contributed by atoms with Crippen LogP contribution in [-0.2, 0) is 0 Å². The van der Waals surface area contributed by atoms with Gasteiger partial charge in [0.1, 0.15) is 0 Å². The molecule has 0 bridgehead atoms. The minimum absolute atomic E-state index is 0.137. The summed E-state index contributed by atoms with van der Waals surface area (Å²) in [6.45, 7) is 0. The van der Waals surface area contributed by atoms with Crippen molar-refractivity contribution in [1.29, 1.82) is 0 Å². The summed E-state index contributed by atoms with van der Waals surface area (Å²) in [7, 11) is 0. The van der Waals surface area contributed by atoms with Crippen LogP contribution in [0.15, 0.2) is 18.2 Å². The molecule has 1 aromatic rings. The molecule has 0 aliphatic rings. The van der Waals surface area contributed by atoms with Crippen LogP contribution in [0.3, 0.4) is 0 Å². The molecular formula is C9H8Cl4. The van der Waals surface area contributed by atoms with Gasteiger partial charge in [-0.2, -0.15) is 0 Å². The molecule has 1 rings (SSSR count). The van der Waals surface area contributed by atoms with Crippen molar-refractivity contribution >= 4 is 46.4 Å². The van der Waals surface area contributed by atoms with Crippen LogP contribution >= 0.6 is 46.4 Å². The molecule has 0 saturated heterocycles. The van der Waals surface area contributed by atoms with E-state index in [2.05, 4.69) is 0 Å². The van der Waals surface area contributed by atoms with Gasteiger partial charge < -0.3 is 0 Å². The first-order valence-corrected chi connectivity index (χ1v) is 5.53. The number of halogens is 4. The summed E-state index contributed by atoms with van der Waals surface area (Å²) in [5, 5.41) is 1.07. The van der Waals surface area contributed by atoms with Gasteiger partial charge in [0, 0.05) is 15.9 Å². The molecule has 0 amide bonds. The van der Waals surface area contributed by atoms with E-state index in [0.717, 1.165) is 5.56 Å². The van der Waals surface area contributed by atoms with Gasteiger partial charge in [-0.15, -0.1) is 23.2 Å². The summed E-state index contributed by atoms with van der Waals surface area (Å²) in [6.07, 6.45) is 0.699. The van der Waals surface area contributed by atoms with Gasteiger partial charge in [-0.25, -0.2) is 0 Å². The van der Waals surface area contributed by atoms with E-state index in [4.69, 9.17) is 46.4 Å². The molecule has 0 spiro atoms. The topological polar surface area (TPSA) is 0 Å². The summed E-state index contributed by atoms with van der Waals surface area (Å²) in [6, 6.07) is 5.28. The SMILES string of the molecule is ClCCC(Cl)c1ccc(Cl)cc1Cl. The number of benzene rings is 1. The Kier molecular flexibility index (Phi) is 4.68. The zero-order valence-corrected chi connectivity index (χ0v) is 9.76. The van der Waals surface area contributed by atoms with Gasteiger partial charge in [0.15, 0.2) is 0 Å². The third-order valence-electron chi connectivity index (χ3n) is 1.66. The maximum Gasteiger partial charge on any atom is 0.0611 e. The summed E-state index contributed by atoms with van der Waals surface area (Å²) in [4.78, 5) is 0. The first-order valence-electron chi connectivity index (χ1n) is 3.80. The molecule has 1 aromatic carbocycles. The molecule has 4 heteroatoms. The molecule has 1 atom stereocenters. The molecule has 0 aromatic heterocycles. The van der Waals surface area contributed by atoms with E-state index in [1.54, 1.807) is 12.1 Å². The maximum atomic E-state index is 6.05. The van der Waals surface area contributed by atoms with Crippen LogP contribution in [-0.4, -0.2) is 5.88 Å². The normalized spacial score (nSPS) is 12.9. The van der Waals surface area contributed by atoms with Crippen molar-refractivity contribution in [2.45, 2.75) is 11.8 Å². The fraction of sp³-hybridized carbons (Fsp3) is 0.333. The van der Waals surface area contributed by atoms with Crippen LogP contribution in [0.2, 0.25) is 10.0 Å². The molecule has 1 unspecified atom stereocenters. The second kappa shape index (κ2) is 5.31. The molecule has 72 valence electrons. The number of hydrogen-bond acceptors (Lipinski definition) is 0. The number of alkyl halides is 2. The largest absolute Gasteiger partial charge is 0.127 e. The average molecular weight is 258 g/mol. The molecule has 0 saturated carbocycles. The van der Waals surface area contributed by atoms with Crippen LogP contribution in [0.1, 0.15) is 17.4 Å². The highest BCUT2D eigenvalue weighted by Crippen LogP contribution is 2.32. The molecule has 0 aliphatic carbocycles. The van der Waals surface area contributed by atoms with Gasteiger partial charge in [0.25, 0.3) is 0 Å². The zero-order chi connectivity index (χ0) is 9.84. The third kappa shape index (κ3) is 3.21. The van der Waals surface area contributed by atoms with Gasteiger partial charge in [0.05, 0.1) is 5.38 Å². The van der Waals surface area contributed by atoms with E-state index in [1.807, 2.05) is 6.07 Å². The molecule has 0 fully saturated rings. The van der Waals surface area contributed by atoms with Gasteiger partial charge in [0.2, 0.25) is 0 Å². The van der Waals surface area contributed by atoms with E-state index in [9.17, 15) is 0 Å². The number of hydrogen-bond donors (Lipinski definition) is 0. The Balaban J connectivity index is 2.88. The van der Waals surface area contributed by atoms with E-state index in [1.165, 1.54) is 0 Å².